The highest BCUT2D eigenvalue weighted by atomic mass is 16.6. The Kier molecular flexibility index (Phi) is 8.53. The van der Waals surface area contributed by atoms with Gasteiger partial charge in [0.15, 0.2) is 0 Å². The van der Waals surface area contributed by atoms with Crippen molar-refractivity contribution in [3.8, 4) is 0 Å². The monoisotopic (exact) mass is 380 g/mol. The van der Waals surface area contributed by atoms with Gasteiger partial charge in [0.05, 0.1) is 6.61 Å². The molecular weight excluding hydrogens is 352 g/mol. The average molecular weight is 380 g/mol. The molecule has 1 atom stereocenters. The van der Waals surface area contributed by atoms with Crippen LogP contribution >= 0.6 is 0 Å². The lowest BCUT2D eigenvalue weighted by Crippen LogP contribution is -2.46. The molecular formula is C18H28N4O5. The Morgan fingerprint density at radius 3 is 2.33 bits per heavy atom. The molecule has 0 fully saturated rings. The minimum atomic E-state index is -0.855. The molecule has 9 nitrogen and oxygen atoms in total. The summed E-state index contributed by atoms with van der Waals surface area (Å²) in [5.41, 5.74) is 5.56. The first kappa shape index (κ1) is 22.2. The number of alkyl carbamates (subject to hydrolysis) is 1. The Morgan fingerprint density at radius 1 is 1.19 bits per heavy atom. The van der Waals surface area contributed by atoms with Crippen LogP contribution in [0.2, 0.25) is 0 Å². The summed E-state index contributed by atoms with van der Waals surface area (Å²) in [5.74, 6) is -0.420. The first-order valence-electron chi connectivity index (χ1n) is 8.64. The quantitative estimate of drug-likeness (QED) is 0.434. The van der Waals surface area contributed by atoms with Gasteiger partial charge in [0, 0.05) is 12.2 Å². The molecule has 9 heteroatoms. The number of benzene rings is 1. The number of nitrogens with one attached hydrogen (secondary N) is 3. The zero-order chi connectivity index (χ0) is 20.4. The van der Waals surface area contributed by atoms with Gasteiger partial charge < -0.3 is 31.5 Å². The van der Waals surface area contributed by atoms with Crippen LogP contribution in [0, 0.1) is 0 Å². The minimum absolute atomic E-state index is 0.0933. The number of urea groups is 1. The fourth-order valence-electron chi connectivity index (χ4n) is 2.16. The molecule has 0 bridgehead atoms. The van der Waals surface area contributed by atoms with E-state index in [2.05, 4.69) is 16.0 Å². The predicted molar refractivity (Wildman–Crippen MR) is 101 cm³/mol. The normalized spacial score (nSPS) is 12.0. The van der Waals surface area contributed by atoms with Crippen LogP contribution in [0.15, 0.2) is 24.3 Å². The van der Waals surface area contributed by atoms with Gasteiger partial charge in [-0.3, -0.25) is 4.79 Å². The predicted octanol–water partition coefficient (Wildman–Crippen LogP) is 1.46. The molecule has 1 aromatic carbocycles. The number of amides is 4. The van der Waals surface area contributed by atoms with Gasteiger partial charge >= 0.3 is 12.1 Å². The maximum absolute atomic E-state index is 12.6. The third-order valence-corrected chi connectivity index (χ3v) is 3.38. The van der Waals surface area contributed by atoms with E-state index in [4.69, 9.17) is 15.6 Å². The molecule has 0 aliphatic rings. The summed E-state index contributed by atoms with van der Waals surface area (Å²) in [7, 11) is 0. The van der Waals surface area contributed by atoms with Crippen molar-refractivity contribution in [1.82, 2.24) is 10.6 Å². The molecule has 0 radical (unpaired) electrons. The van der Waals surface area contributed by atoms with Crippen LogP contribution < -0.4 is 21.7 Å². The third kappa shape index (κ3) is 9.45. The number of nitrogens with two attached hydrogens (primary N) is 1. The second kappa shape index (κ2) is 10.4. The van der Waals surface area contributed by atoms with Gasteiger partial charge in [-0.25, -0.2) is 9.59 Å². The lowest BCUT2D eigenvalue weighted by Gasteiger charge is -2.23. The first-order chi connectivity index (χ1) is 12.6. The summed E-state index contributed by atoms with van der Waals surface area (Å²) < 4.78 is 5.20. The van der Waals surface area contributed by atoms with E-state index in [9.17, 15) is 14.4 Å². The lowest BCUT2D eigenvalue weighted by molar-refractivity contribution is -0.118. The zero-order valence-corrected chi connectivity index (χ0v) is 15.9. The Labute approximate surface area is 158 Å². The van der Waals surface area contributed by atoms with Gasteiger partial charge in [0.2, 0.25) is 5.91 Å². The largest absolute Gasteiger partial charge is 0.444 e. The number of hydrogen-bond donors (Lipinski definition) is 5. The van der Waals surface area contributed by atoms with Crippen LogP contribution in [0.5, 0.6) is 0 Å². The highest BCUT2D eigenvalue weighted by Gasteiger charge is 2.24. The van der Waals surface area contributed by atoms with Gasteiger partial charge in [-0.1, -0.05) is 12.1 Å². The van der Waals surface area contributed by atoms with E-state index in [0.717, 1.165) is 0 Å². The molecule has 0 aliphatic heterocycles. The number of primary amides is 1. The molecule has 0 saturated heterocycles. The van der Waals surface area contributed by atoms with Crippen molar-refractivity contribution in [3.63, 3.8) is 0 Å². The summed E-state index contributed by atoms with van der Waals surface area (Å²) in [4.78, 5) is 35.3. The Balaban J connectivity index is 2.72. The summed E-state index contributed by atoms with van der Waals surface area (Å²) in [5, 5.41) is 16.8. The summed E-state index contributed by atoms with van der Waals surface area (Å²) in [6.07, 6.45) is 0.00141. The van der Waals surface area contributed by atoms with Gasteiger partial charge in [-0.15, -0.1) is 0 Å². The standard InChI is InChI=1S/C18H28N4O5/c1-18(2,3)27-17(26)22-14(5-4-10-20-16(19)25)15(24)21-13-8-6-12(11-23)7-9-13/h6-9,14,23H,4-5,10-11H2,1-3H3,(H,21,24)(H,22,26)(H3,19,20,25)/t14-/m0/s1. The van der Waals surface area contributed by atoms with E-state index < -0.39 is 29.7 Å². The van der Waals surface area contributed by atoms with E-state index in [1.165, 1.54) is 0 Å². The number of aliphatic hydroxyl groups is 1. The van der Waals surface area contributed by atoms with Gasteiger partial charge in [0.25, 0.3) is 0 Å². The first-order valence-corrected chi connectivity index (χ1v) is 8.64. The number of hydrogen-bond acceptors (Lipinski definition) is 5. The molecule has 0 saturated carbocycles. The maximum Gasteiger partial charge on any atom is 0.408 e. The van der Waals surface area contributed by atoms with Crippen molar-refractivity contribution in [1.29, 1.82) is 0 Å². The zero-order valence-electron chi connectivity index (χ0n) is 15.9. The van der Waals surface area contributed by atoms with Gasteiger partial charge in [0.1, 0.15) is 11.6 Å². The molecule has 1 rings (SSSR count). The molecule has 0 aliphatic carbocycles. The van der Waals surface area contributed by atoms with E-state index >= 15 is 0 Å². The van der Waals surface area contributed by atoms with E-state index in [1.54, 1.807) is 45.0 Å². The topological polar surface area (TPSA) is 143 Å². The minimum Gasteiger partial charge on any atom is -0.444 e. The molecule has 0 spiro atoms. The third-order valence-electron chi connectivity index (χ3n) is 3.38. The second-order valence-corrected chi connectivity index (χ2v) is 6.98. The molecule has 6 N–H and O–H groups in total. The summed E-state index contributed by atoms with van der Waals surface area (Å²) >= 11 is 0. The smallest absolute Gasteiger partial charge is 0.408 e. The molecule has 0 heterocycles. The highest BCUT2D eigenvalue weighted by Crippen LogP contribution is 2.12. The fourth-order valence-corrected chi connectivity index (χ4v) is 2.16. The number of anilines is 1. The molecule has 0 aromatic heterocycles. The maximum atomic E-state index is 12.6. The number of rotatable bonds is 8. The van der Waals surface area contributed by atoms with Crippen LogP contribution in [0.4, 0.5) is 15.3 Å². The van der Waals surface area contributed by atoms with Crippen LogP contribution in [0.1, 0.15) is 39.2 Å². The summed E-state index contributed by atoms with van der Waals surface area (Å²) in [6.45, 7) is 5.35. The van der Waals surface area contributed by atoms with E-state index in [1.807, 2.05) is 0 Å². The molecule has 0 unspecified atom stereocenters. The van der Waals surface area contributed by atoms with Crippen molar-refractivity contribution >= 4 is 23.7 Å². The van der Waals surface area contributed by atoms with Crippen molar-refractivity contribution < 1.29 is 24.2 Å². The highest BCUT2D eigenvalue weighted by molar-refractivity contribution is 5.96. The van der Waals surface area contributed by atoms with E-state index in [0.29, 0.717) is 17.7 Å². The summed E-state index contributed by atoms with van der Waals surface area (Å²) in [6, 6.07) is 5.17. The van der Waals surface area contributed by atoms with Crippen molar-refractivity contribution in [3.05, 3.63) is 29.8 Å². The number of aliphatic hydroxyl groups excluding tert-OH is 1. The Bertz CT molecular complexity index is 640. The van der Waals surface area contributed by atoms with Gasteiger partial charge in [-0.05, 0) is 51.3 Å². The second-order valence-electron chi connectivity index (χ2n) is 6.98. The number of ether oxygens (including phenoxy) is 1. The van der Waals surface area contributed by atoms with Crippen molar-refractivity contribution in [2.45, 2.75) is 51.9 Å². The van der Waals surface area contributed by atoms with Crippen molar-refractivity contribution in [2.75, 3.05) is 11.9 Å². The molecule has 1 aromatic rings. The fraction of sp³-hybridized carbons (Fsp3) is 0.500. The van der Waals surface area contributed by atoms with Crippen LogP contribution in [0.25, 0.3) is 0 Å². The molecule has 150 valence electrons. The van der Waals surface area contributed by atoms with Crippen LogP contribution in [0.3, 0.4) is 0 Å². The van der Waals surface area contributed by atoms with Crippen LogP contribution in [-0.4, -0.2) is 41.3 Å². The Morgan fingerprint density at radius 2 is 1.81 bits per heavy atom. The Hall–Kier alpha value is -2.81. The lowest BCUT2D eigenvalue weighted by atomic mass is 10.1. The molecule has 4 amide bonds. The number of carbonyl (C=O) groups excluding carboxylic acids is 3. The number of carbonyl (C=O) groups is 3. The molecule has 27 heavy (non-hydrogen) atoms. The van der Waals surface area contributed by atoms with E-state index in [-0.39, 0.29) is 19.6 Å². The average Bonchev–Trinajstić information content (AvgIpc) is 2.56. The van der Waals surface area contributed by atoms with Gasteiger partial charge in [-0.2, -0.15) is 0 Å². The van der Waals surface area contributed by atoms with Crippen molar-refractivity contribution in [2.24, 2.45) is 5.73 Å². The van der Waals surface area contributed by atoms with Crippen LogP contribution in [-0.2, 0) is 16.1 Å². The SMILES string of the molecule is CC(C)(C)OC(=O)N[C@@H](CCCNC(N)=O)C(=O)Nc1ccc(CO)cc1.